The molecule has 9 aromatic carbocycles. The van der Waals surface area contributed by atoms with Crippen LogP contribution in [0.15, 0.2) is 174 Å². The number of para-hydroxylation sites is 1. The van der Waals surface area contributed by atoms with E-state index in [1.54, 1.807) is 18.2 Å². The minimum atomic E-state index is -0.739. The second kappa shape index (κ2) is 10.2. The van der Waals surface area contributed by atoms with E-state index in [-0.39, 0.29) is 32.7 Å². The Kier molecular flexibility index (Phi) is 3.33. The van der Waals surface area contributed by atoms with Gasteiger partial charge < -0.3 is 4.42 Å². The van der Waals surface area contributed by atoms with Crippen LogP contribution in [0.5, 0.6) is 0 Å². The monoisotopic (exact) mass is 611 g/mol. The topological polar surface area (TPSA) is 13.1 Å². The van der Waals surface area contributed by atoms with Crippen molar-refractivity contribution in [3.05, 3.63) is 169 Å². The highest BCUT2D eigenvalue weighted by molar-refractivity contribution is 6.23. The Balaban J connectivity index is 1.39. The van der Waals surface area contributed by atoms with Crippen molar-refractivity contribution >= 4 is 65.0 Å². The number of hydrogen-bond acceptors (Lipinski definition) is 1. The van der Waals surface area contributed by atoms with Crippen molar-refractivity contribution in [2.45, 2.75) is 0 Å². The Morgan fingerprint density at radius 1 is 0.426 bits per heavy atom. The molecule has 0 bridgehead atoms. The molecule has 0 aliphatic rings. The van der Waals surface area contributed by atoms with Crippen molar-refractivity contribution in [3.8, 4) is 33.4 Å². The molecule has 0 saturated carbocycles. The van der Waals surface area contributed by atoms with Crippen LogP contribution in [0.1, 0.15) is 20.6 Å². The highest BCUT2D eigenvalue weighted by Crippen LogP contribution is 2.45. The highest BCUT2D eigenvalue weighted by atomic mass is 16.3. The van der Waals surface area contributed by atoms with E-state index < -0.39 is 107 Å². The molecule has 10 rings (SSSR count). The molecule has 1 aromatic heterocycles. The SMILES string of the molecule is [2H]c1c([2H])c([2H])c2c([2H])c(-c3c4c([2H])c([2H])c([2H])c([2H])c4c(-c4cccc(-c5cccc6c5oc5ccc7ccccc7c56)c4)c4c([2H])c([2H])c([2H])c([2H])c34)c([2H])c([2H])c2c1[2H]. The maximum absolute atomic E-state index is 9.46. The summed E-state index contributed by atoms with van der Waals surface area (Å²) in [5, 5.41) is 2.01. The van der Waals surface area contributed by atoms with Gasteiger partial charge in [-0.1, -0.05) is 151 Å². The van der Waals surface area contributed by atoms with Crippen LogP contribution in [0.25, 0.3) is 98.4 Å². The molecule has 0 radical (unpaired) electrons. The first-order valence-corrected chi connectivity index (χ1v) is 15.0. The molecule has 0 aliphatic heterocycles. The Morgan fingerprint density at radius 2 is 1.06 bits per heavy atom. The van der Waals surface area contributed by atoms with Gasteiger partial charge in [0.1, 0.15) is 11.2 Å². The quantitative estimate of drug-likeness (QED) is 0.181. The van der Waals surface area contributed by atoms with Gasteiger partial charge in [0, 0.05) is 16.3 Å². The largest absolute Gasteiger partial charge is 0.455 e. The van der Waals surface area contributed by atoms with Gasteiger partial charge >= 0.3 is 0 Å². The lowest BCUT2D eigenvalue weighted by atomic mass is 9.85. The van der Waals surface area contributed by atoms with Gasteiger partial charge in [-0.15, -0.1) is 0 Å². The van der Waals surface area contributed by atoms with Gasteiger partial charge in [0.15, 0.2) is 0 Å². The van der Waals surface area contributed by atoms with E-state index in [1.165, 1.54) is 0 Å². The van der Waals surface area contributed by atoms with Gasteiger partial charge in [0.25, 0.3) is 0 Å². The third-order valence-electron chi connectivity index (χ3n) is 8.72. The normalized spacial score (nSPS) is 16.3. The van der Waals surface area contributed by atoms with Gasteiger partial charge in [-0.3, -0.25) is 0 Å². The Hall–Kier alpha value is -6.18. The van der Waals surface area contributed by atoms with Crippen molar-refractivity contribution < 1.29 is 25.0 Å². The average molecular weight is 612 g/mol. The second-order valence-corrected chi connectivity index (χ2v) is 11.3. The van der Waals surface area contributed by atoms with Crippen LogP contribution in [0.2, 0.25) is 0 Å². The molecular weight excluding hydrogens is 569 g/mol. The molecule has 1 nitrogen and oxygen atoms in total. The number of fused-ring (bicyclic) bond motifs is 8. The molecule has 0 atom stereocenters. The molecule has 47 heavy (non-hydrogen) atoms. The molecule has 0 saturated heterocycles. The van der Waals surface area contributed by atoms with Crippen molar-refractivity contribution in [3.63, 3.8) is 0 Å². The fourth-order valence-corrected chi connectivity index (χ4v) is 6.71. The van der Waals surface area contributed by atoms with Crippen molar-refractivity contribution in [1.29, 1.82) is 0 Å². The van der Waals surface area contributed by atoms with Crippen LogP contribution in [0.3, 0.4) is 0 Å². The molecule has 0 amide bonds. The van der Waals surface area contributed by atoms with Gasteiger partial charge in [-0.05, 0) is 89.1 Å². The van der Waals surface area contributed by atoms with Crippen molar-refractivity contribution in [2.75, 3.05) is 0 Å². The summed E-state index contributed by atoms with van der Waals surface area (Å²) < 4.78 is 141. The van der Waals surface area contributed by atoms with E-state index in [4.69, 9.17) is 16.8 Å². The summed E-state index contributed by atoms with van der Waals surface area (Å²) in [5.41, 5.74) is 2.01. The van der Waals surface area contributed by atoms with Crippen LogP contribution >= 0.6 is 0 Å². The van der Waals surface area contributed by atoms with Gasteiger partial charge in [0.2, 0.25) is 0 Å². The van der Waals surface area contributed by atoms with E-state index in [9.17, 15) is 8.22 Å². The van der Waals surface area contributed by atoms with Gasteiger partial charge in [-0.2, -0.15) is 0 Å². The zero-order chi connectivity index (χ0) is 44.0. The molecule has 1 heteroatoms. The van der Waals surface area contributed by atoms with E-state index in [0.29, 0.717) is 27.9 Å². The zero-order valence-corrected chi connectivity index (χ0v) is 24.4. The van der Waals surface area contributed by atoms with Crippen LogP contribution in [-0.2, 0) is 0 Å². The maximum Gasteiger partial charge on any atom is 0.143 e. The Bertz CT molecular complexity index is 3620. The molecule has 0 unspecified atom stereocenters. The highest BCUT2D eigenvalue weighted by Gasteiger charge is 2.19. The van der Waals surface area contributed by atoms with E-state index in [0.717, 1.165) is 21.5 Å². The number of rotatable bonds is 3. The molecule has 0 aliphatic carbocycles. The number of benzene rings is 9. The summed E-state index contributed by atoms with van der Waals surface area (Å²) in [6.45, 7) is 0. The summed E-state index contributed by atoms with van der Waals surface area (Å²) >= 11 is 0. The molecule has 0 N–H and O–H groups in total. The predicted molar refractivity (Wildman–Crippen MR) is 200 cm³/mol. The Labute approximate surface area is 293 Å². The molecular formula is C46H28O. The first-order valence-electron chi connectivity index (χ1n) is 22.5. The number of furan rings is 1. The van der Waals surface area contributed by atoms with Gasteiger partial charge in [0.05, 0.1) is 20.6 Å². The smallest absolute Gasteiger partial charge is 0.143 e. The summed E-state index contributed by atoms with van der Waals surface area (Å²) in [7, 11) is 0. The van der Waals surface area contributed by atoms with E-state index >= 15 is 0 Å². The second-order valence-electron chi connectivity index (χ2n) is 11.3. The lowest BCUT2D eigenvalue weighted by molar-refractivity contribution is 0.670. The van der Waals surface area contributed by atoms with Gasteiger partial charge in [-0.25, -0.2) is 0 Å². The predicted octanol–water partition coefficient (Wildman–Crippen LogP) is 13.2. The Morgan fingerprint density at radius 3 is 1.85 bits per heavy atom. The minimum Gasteiger partial charge on any atom is -0.455 e. The van der Waals surface area contributed by atoms with Crippen LogP contribution in [0, 0.1) is 0 Å². The average Bonchev–Trinajstić information content (AvgIpc) is 3.67. The van der Waals surface area contributed by atoms with E-state index in [1.807, 2.05) is 60.7 Å². The summed E-state index contributed by atoms with van der Waals surface area (Å²) in [4.78, 5) is 0. The van der Waals surface area contributed by atoms with Crippen LogP contribution < -0.4 is 0 Å². The molecule has 1 heterocycles. The summed E-state index contributed by atoms with van der Waals surface area (Å²) in [6.07, 6.45) is 0. The molecule has 218 valence electrons. The first kappa shape index (κ1) is 15.4. The fourth-order valence-electron chi connectivity index (χ4n) is 6.71. The molecule has 0 fully saturated rings. The minimum absolute atomic E-state index is 0.0224. The zero-order valence-electron chi connectivity index (χ0n) is 39.4. The summed E-state index contributed by atoms with van der Waals surface area (Å²) in [6, 6.07) is 14.5. The summed E-state index contributed by atoms with van der Waals surface area (Å²) in [5.74, 6) is 0. The number of hydrogen-bond donors (Lipinski definition) is 0. The van der Waals surface area contributed by atoms with Crippen LogP contribution in [0.4, 0.5) is 0 Å². The fraction of sp³-hybridized carbons (Fsp3) is 0. The standard InChI is InChI=1S/C46H28O/c1-2-13-31-27-34(24-23-29(31)11-1)44-39-19-7-5-17-37(39)43(38-18-6-8-20-40(38)44)33-15-9-14-32(28-33)36-21-10-22-41-45-35-16-4-3-12-30(35)25-26-42(45)47-46(36)41/h1-28H/i1D,2D,5D,6D,7D,8D,11D,13D,17D,18D,19D,20D,23D,24D,27D. The van der Waals surface area contributed by atoms with Crippen molar-refractivity contribution in [2.24, 2.45) is 0 Å². The first-order chi connectivity index (χ1) is 29.6. The lowest BCUT2D eigenvalue weighted by Crippen LogP contribution is -1.91. The van der Waals surface area contributed by atoms with E-state index in [2.05, 4.69) is 0 Å². The van der Waals surface area contributed by atoms with Crippen molar-refractivity contribution in [1.82, 2.24) is 0 Å². The van der Waals surface area contributed by atoms with Crippen LogP contribution in [-0.4, -0.2) is 0 Å². The molecule has 10 aromatic rings. The molecule has 0 spiro atoms. The third kappa shape index (κ3) is 3.97. The lowest BCUT2D eigenvalue weighted by Gasteiger charge is -2.18. The maximum atomic E-state index is 9.46. The third-order valence-corrected chi connectivity index (χ3v) is 8.72.